The van der Waals surface area contributed by atoms with Crippen LogP contribution < -0.4 is 0 Å². The summed E-state index contributed by atoms with van der Waals surface area (Å²) in [6, 6.07) is 10.4. The van der Waals surface area contributed by atoms with Crippen molar-refractivity contribution >= 4 is 6.08 Å². The molecule has 17 heavy (non-hydrogen) atoms. The quantitative estimate of drug-likeness (QED) is 0.469. The van der Waals surface area contributed by atoms with E-state index in [1.165, 1.54) is 31.2 Å². The van der Waals surface area contributed by atoms with E-state index < -0.39 is 0 Å². The Morgan fingerprint density at radius 3 is 2.59 bits per heavy atom. The number of rotatable bonds is 6. The highest BCUT2D eigenvalue weighted by Gasteiger charge is 1.83. The van der Waals surface area contributed by atoms with Gasteiger partial charge in [-0.15, -0.1) is 5.92 Å². The van der Waals surface area contributed by atoms with Gasteiger partial charge < -0.3 is 0 Å². The number of benzene rings is 1. The Balaban J connectivity index is 2.11. The van der Waals surface area contributed by atoms with Gasteiger partial charge in [-0.2, -0.15) is 0 Å². The van der Waals surface area contributed by atoms with E-state index >= 15 is 0 Å². The first-order valence-electron chi connectivity index (χ1n) is 6.61. The van der Waals surface area contributed by atoms with E-state index in [0.717, 1.165) is 12.8 Å². The SMILES string of the molecule is CCCCCCC#CC/C=C/c1ccccc1. The van der Waals surface area contributed by atoms with Crippen molar-refractivity contribution in [3.8, 4) is 11.8 Å². The van der Waals surface area contributed by atoms with E-state index in [0.29, 0.717) is 0 Å². The zero-order valence-electron chi connectivity index (χ0n) is 10.8. The lowest BCUT2D eigenvalue weighted by molar-refractivity contribution is 0.679. The average Bonchev–Trinajstić information content (AvgIpc) is 2.38. The second-order valence-corrected chi connectivity index (χ2v) is 4.18. The Hall–Kier alpha value is -1.48. The lowest BCUT2D eigenvalue weighted by Gasteiger charge is -1.91. The fourth-order valence-electron chi connectivity index (χ4n) is 1.62. The summed E-state index contributed by atoms with van der Waals surface area (Å²) in [5.74, 6) is 6.43. The van der Waals surface area contributed by atoms with Gasteiger partial charge in [-0.25, -0.2) is 0 Å². The molecule has 0 aliphatic carbocycles. The van der Waals surface area contributed by atoms with Gasteiger partial charge >= 0.3 is 0 Å². The molecule has 0 heteroatoms. The normalized spacial score (nSPS) is 10.2. The topological polar surface area (TPSA) is 0 Å². The second-order valence-electron chi connectivity index (χ2n) is 4.18. The minimum absolute atomic E-state index is 0.864. The molecular formula is C17H22. The monoisotopic (exact) mass is 226 g/mol. The summed E-state index contributed by atoms with van der Waals surface area (Å²) in [5.41, 5.74) is 1.25. The van der Waals surface area contributed by atoms with Crippen molar-refractivity contribution < 1.29 is 0 Å². The van der Waals surface area contributed by atoms with Crippen LogP contribution in [-0.2, 0) is 0 Å². The number of unbranched alkanes of at least 4 members (excludes halogenated alkanes) is 4. The van der Waals surface area contributed by atoms with Gasteiger partial charge in [0.2, 0.25) is 0 Å². The van der Waals surface area contributed by atoms with Crippen LogP contribution in [0.15, 0.2) is 36.4 Å². The van der Waals surface area contributed by atoms with Crippen molar-refractivity contribution in [3.05, 3.63) is 42.0 Å². The van der Waals surface area contributed by atoms with Crippen LogP contribution in [0.3, 0.4) is 0 Å². The predicted molar refractivity (Wildman–Crippen MR) is 76.6 cm³/mol. The maximum atomic E-state index is 3.23. The minimum Gasteiger partial charge on any atom is -0.103 e. The van der Waals surface area contributed by atoms with Crippen LogP contribution in [-0.4, -0.2) is 0 Å². The molecule has 0 saturated heterocycles. The summed E-state index contributed by atoms with van der Waals surface area (Å²) in [5, 5.41) is 0. The van der Waals surface area contributed by atoms with Gasteiger partial charge in [-0.05, 0) is 12.0 Å². The summed E-state index contributed by atoms with van der Waals surface area (Å²) < 4.78 is 0. The molecule has 0 amide bonds. The first kappa shape index (κ1) is 13.6. The largest absolute Gasteiger partial charge is 0.103 e. The van der Waals surface area contributed by atoms with Crippen LogP contribution in [0.2, 0.25) is 0 Å². The van der Waals surface area contributed by atoms with Crippen molar-refractivity contribution in [2.75, 3.05) is 0 Å². The molecule has 0 unspecified atom stereocenters. The summed E-state index contributed by atoms with van der Waals surface area (Å²) in [6.45, 7) is 2.24. The van der Waals surface area contributed by atoms with Gasteiger partial charge in [0.15, 0.2) is 0 Å². The van der Waals surface area contributed by atoms with Crippen LogP contribution >= 0.6 is 0 Å². The highest BCUT2D eigenvalue weighted by Crippen LogP contribution is 2.02. The van der Waals surface area contributed by atoms with Crippen molar-refractivity contribution in [2.24, 2.45) is 0 Å². The van der Waals surface area contributed by atoms with Crippen molar-refractivity contribution in [2.45, 2.75) is 45.4 Å². The molecule has 0 aliphatic rings. The molecule has 1 rings (SSSR count). The van der Waals surface area contributed by atoms with Gasteiger partial charge in [0.05, 0.1) is 0 Å². The molecular weight excluding hydrogens is 204 g/mol. The Bertz CT molecular complexity index is 362. The highest BCUT2D eigenvalue weighted by molar-refractivity contribution is 5.49. The molecule has 1 aromatic rings. The van der Waals surface area contributed by atoms with Gasteiger partial charge in [-0.1, -0.05) is 74.6 Å². The Labute approximate surface area is 106 Å². The van der Waals surface area contributed by atoms with Crippen molar-refractivity contribution in [1.29, 1.82) is 0 Å². The zero-order chi connectivity index (χ0) is 12.2. The number of hydrogen-bond donors (Lipinski definition) is 0. The van der Waals surface area contributed by atoms with Gasteiger partial charge in [0.25, 0.3) is 0 Å². The fourth-order valence-corrected chi connectivity index (χ4v) is 1.62. The Morgan fingerprint density at radius 1 is 1.00 bits per heavy atom. The number of hydrogen-bond acceptors (Lipinski definition) is 0. The summed E-state index contributed by atoms with van der Waals surface area (Å²) in [6.07, 6.45) is 11.4. The smallest absolute Gasteiger partial charge is 0.0272 e. The van der Waals surface area contributed by atoms with Crippen LogP contribution in [0, 0.1) is 11.8 Å². The highest BCUT2D eigenvalue weighted by atomic mass is 13.9. The molecule has 0 bridgehead atoms. The van der Waals surface area contributed by atoms with Crippen LogP contribution in [0.4, 0.5) is 0 Å². The van der Waals surface area contributed by atoms with Crippen molar-refractivity contribution in [1.82, 2.24) is 0 Å². The third kappa shape index (κ3) is 7.41. The first-order chi connectivity index (χ1) is 8.43. The summed E-state index contributed by atoms with van der Waals surface area (Å²) in [7, 11) is 0. The molecule has 1 aromatic carbocycles. The molecule has 0 N–H and O–H groups in total. The van der Waals surface area contributed by atoms with Crippen LogP contribution in [0.5, 0.6) is 0 Å². The van der Waals surface area contributed by atoms with Gasteiger partial charge in [-0.3, -0.25) is 0 Å². The molecule has 0 nitrogen and oxygen atoms in total. The molecule has 0 saturated carbocycles. The van der Waals surface area contributed by atoms with Crippen LogP contribution in [0.25, 0.3) is 6.08 Å². The van der Waals surface area contributed by atoms with Gasteiger partial charge in [0.1, 0.15) is 0 Å². The molecule has 0 aliphatic heterocycles. The van der Waals surface area contributed by atoms with E-state index in [-0.39, 0.29) is 0 Å². The van der Waals surface area contributed by atoms with Crippen molar-refractivity contribution in [3.63, 3.8) is 0 Å². The molecule has 0 heterocycles. The molecule has 0 atom stereocenters. The van der Waals surface area contributed by atoms with Crippen LogP contribution in [0.1, 0.15) is 51.0 Å². The van der Waals surface area contributed by atoms with E-state index in [4.69, 9.17) is 0 Å². The molecule has 0 aromatic heterocycles. The van der Waals surface area contributed by atoms with E-state index in [1.54, 1.807) is 0 Å². The third-order valence-corrected chi connectivity index (χ3v) is 2.61. The summed E-state index contributed by atoms with van der Waals surface area (Å²) >= 11 is 0. The molecule has 0 fully saturated rings. The lowest BCUT2D eigenvalue weighted by Crippen LogP contribution is -1.74. The molecule has 90 valence electrons. The maximum absolute atomic E-state index is 3.23. The van der Waals surface area contributed by atoms with Gasteiger partial charge in [0, 0.05) is 12.8 Å². The standard InChI is InChI=1S/C17H22/c1-2-3-4-5-6-7-8-9-11-14-17-15-12-10-13-16-17/h10-16H,2-6,9H2,1H3/b14-11+. The summed E-state index contributed by atoms with van der Waals surface area (Å²) in [4.78, 5) is 0. The zero-order valence-corrected chi connectivity index (χ0v) is 10.8. The lowest BCUT2D eigenvalue weighted by atomic mass is 10.1. The Morgan fingerprint density at radius 2 is 1.82 bits per heavy atom. The Kier molecular flexibility index (Phi) is 7.77. The fraction of sp³-hybridized carbons (Fsp3) is 0.412. The predicted octanol–water partition coefficient (Wildman–Crippen LogP) is 5.06. The first-order valence-corrected chi connectivity index (χ1v) is 6.61. The van der Waals surface area contributed by atoms with E-state index in [9.17, 15) is 0 Å². The van der Waals surface area contributed by atoms with E-state index in [2.05, 4.69) is 55.2 Å². The minimum atomic E-state index is 0.864. The average molecular weight is 226 g/mol. The molecule has 0 spiro atoms. The number of allylic oxidation sites excluding steroid dienone is 1. The third-order valence-electron chi connectivity index (χ3n) is 2.61. The second kappa shape index (κ2) is 9.73. The molecule has 0 radical (unpaired) electrons. The van der Waals surface area contributed by atoms with E-state index in [1.807, 2.05) is 6.07 Å². The maximum Gasteiger partial charge on any atom is 0.0272 e.